The van der Waals surface area contributed by atoms with Gasteiger partial charge >= 0.3 is 0 Å². The Kier molecular flexibility index (Phi) is 8.28. The molecule has 0 unspecified atom stereocenters. The average Bonchev–Trinajstić information content (AvgIpc) is 2.99. The van der Waals surface area contributed by atoms with E-state index in [1.807, 2.05) is 0 Å². The molecule has 0 heterocycles. The van der Waals surface area contributed by atoms with Crippen molar-refractivity contribution in [3.05, 3.63) is 29.3 Å². The summed E-state index contributed by atoms with van der Waals surface area (Å²) in [6.45, 7) is 30.4. The van der Waals surface area contributed by atoms with E-state index in [4.69, 9.17) is 17.7 Å². The molecule has 0 amide bonds. The summed E-state index contributed by atoms with van der Waals surface area (Å²) in [5, 5.41) is 0. The second-order valence-electron chi connectivity index (χ2n) is 16.5. The predicted molar refractivity (Wildman–Crippen MR) is 170 cm³/mol. The summed E-state index contributed by atoms with van der Waals surface area (Å²) >= 11 is 0. The first-order chi connectivity index (χ1) is 17.2. The predicted octanol–water partition coefficient (Wildman–Crippen LogP) is 9.16. The molecule has 1 aromatic carbocycles. The van der Waals surface area contributed by atoms with Crippen LogP contribution >= 0.6 is 0 Å². The van der Waals surface area contributed by atoms with E-state index in [0.717, 1.165) is 18.6 Å². The molecule has 3 aliphatic carbocycles. The highest BCUT2D eigenvalue weighted by molar-refractivity contribution is 6.71. The zero-order valence-electron chi connectivity index (χ0n) is 26.7. The second-order valence-corrected chi connectivity index (χ2v) is 34.3. The Bertz CT molecular complexity index is 1000. The lowest BCUT2D eigenvalue weighted by molar-refractivity contribution is -0.0792. The van der Waals surface area contributed by atoms with Crippen LogP contribution in [0.1, 0.15) is 55.8 Å². The standard InChI is InChI=1S/C30H56O4Si4/c1-30-20-27(33-37(8,9)10)29-22-15-14-21(31-35(2,3)4)18-23(22)26(32-36(5,6)7)19-24(29)25(30)16-17-28(30)34-38(11,12)13/h14-15,18,24-29H,16-17,19-20H2,1-13H3/t24-,25-,26-,27-,28-,29+,30-/m0/s1. The van der Waals surface area contributed by atoms with Gasteiger partial charge < -0.3 is 17.7 Å². The van der Waals surface area contributed by atoms with Gasteiger partial charge in [0.25, 0.3) is 0 Å². The van der Waals surface area contributed by atoms with Crippen LogP contribution < -0.4 is 4.43 Å². The maximum atomic E-state index is 7.14. The maximum Gasteiger partial charge on any atom is 0.242 e. The topological polar surface area (TPSA) is 36.9 Å². The van der Waals surface area contributed by atoms with Crippen molar-refractivity contribution in [3.8, 4) is 5.75 Å². The van der Waals surface area contributed by atoms with Crippen molar-refractivity contribution in [1.29, 1.82) is 0 Å². The van der Waals surface area contributed by atoms with Gasteiger partial charge in [0.05, 0.1) is 18.3 Å². The van der Waals surface area contributed by atoms with Crippen LogP contribution in [0, 0.1) is 17.3 Å². The molecule has 0 aromatic heterocycles. The van der Waals surface area contributed by atoms with Crippen LogP contribution in [-0.4, -0.2) is 45.5 Å². The second kappa shape index (κ2) is 10.2. The SMILES string of the molecule is C[C@]12C[C@H](O[Si](C)(C)C)[C@@H]3c4ccc(O[Si](C)(C)C)cc4[C@@H](O[Si](C)(C)C)C[C@H]3[C@@H]1CC[C@@H]2O[Si](C)(C)C. The van der Waals surface area contributed by atoms with E-state index in [9.17, 15) is 0 Å². The third-order valence-electron chi connectivity index (χ3n) is 8.51. The van der Waals surface area contributed by atoms with E-state index in [-0.39, 0.29) is 17.6 Å². The molecule has 0 aliphatic heterocycles. The summed E-state index contributed by atoms with van der Waals surface area (Å²) in [5.74, 6) is 2.64. The minimum absolute atomic E-state index is 0.134. The van der Waals surface area contributed by atoms with Gasteiger partial charge in [-0.15, -0.1) is 0 Å². The molecule has 0 N–H and O–H groups in total. The van der Waals surface area contributed by atoms with Gasteiger partial charge in [0, 0.05) is 5.92 Å². The first kappa shape index (κ1) is 30.7. The van der Waals surface area contributed by atoms with Gasteiger partial charge in [0.2, 0.25) is 8.32 Å². The normalized spacial score (nSPS) is 33.9. The van der Waals surface area contributed by atoms with Gasteiger partial charge in [-0.25, -0.2) is 0 Å². The first-order valence-electron chi connectivity index (χ1n) is 15.0. The van der Waals surface area contributed by atoms with E-state index in [1.165, 1.54) is 24.0 Å². The minimum Gasteiger partial charge on any atom is -0.544 e. The Labute approximate surface area is 238 Å². The van der Waals surface area contributed by atoms with E-state index in [2.05, 4.69) is 104 Å². The largest absolute Gasteiger partial charge is 0.544 e. The van der Waals surface area contributed by atoms with Crippen LogP contribution in [0.3, 0.4) is 0 Å². The molecule has 1 aromatic rings. The summed E-state index contributed by atoms with van der Waals surface area (Å²) in [6, 6.07) is 6.95. The monoisotopic (exact) mass is 592 g/mol. The molecular formula is C30H56O4Si4. The molecule has 0 spiro atoms. The van der Waals surface area contributed by atoms with Gasteiger partial charge in [0.1, 0.15) is 5.75 Å². The van der Waals surface area contributed by atoms with E-state index in [0.29, 0.717) is 23.9 Å². The highest BCUT2D eigenvalue weighted by atomic mass is 28.4. The van der Waals surface area contributed by atoms with Crippen molar-refractivity contribution in [2.24, 2.45) is 17.3 Å². The molecular weight excluding hydrogens is 537 g/mol. The Hall–Kier alpha value is -0.232. The number of rotatable bonds is 8. The number of benzene rings is 1. The van der Waals surface area contributed by atoms with Crippen molar-refractivity contribution in [2.45, 2.75) is 135 Å². The molecule has 38 heavy (non-hydrogen) atoms. The highest BCUT2D eigenvalue weighted by Crippen LogP contribution is 2.64. The zero-order chi connectivity index (χ0) is 28.5. The quantitative estimate of drug-likeness (QED) is 0.282. The molecule has 8 heteroatoms. The smallest absolute Gasteiger partial charge is 0.242 e. The van der Waals surface area contributed by atoms with Crippen LogP contribution in [0.5, 0.6) is 5.75 Å². The summed E-state index contributed by atoms with van der Waals surface area (Å²) < 4.78 is 27.6. The fraction of sp³-hybridized carbons (Fsp3) is 0.800. The van der Waals surface area contributed by atoms with E-state index < -0.39 is 33.3 Å². The Morgan fingerprint density at radius 3 is 1.87 bits per heavy atom. The Morgan fingerprint density at radius 2 is 1.32 bits per heavy atom. The summed E-state index contributed by atoms with van der Waals surface area (Å²) in [5.41, 5.74) is 2.99. The first-order valence-corrected chi connectivity index (χ1v) is 28.6. The molecule has 0 bridgehead atoms. The third-order valence-corrected chi connectivity index (χ3v) is 12.4. The lowest BCUT2D eigenvalue weighted by atomic mass is 9.54. The summed E-state index contributed by atoms with van der Waals surface area (Å²) in [7, 11) is -6.88. The van der Waals surface area contributed by atoms with Gasteiger partial charge in [-0.2, -0.15) is 0 Å². The van der Waals surface area contributed by atoms with Crippen LogP contribution in [0.15, 0.2) is 18.2 Å². The van der Waals surface area contributed by atoms with Gasteiger partial charge in [-0.1, -0.05) is 13.0 Å². The number of fused-ring (bicyclic) bond motifs is 5. The lowest BCUT2D eigenvalue weighted by Gasteiger charge is -2.56. The molecule has 0 saturated heterocycles. The summed E-state index contributed by atoms with van der Waals surface area (Å²) in [6.07, 6.45) is 5.35. The molecule has 216 valence electrons. The fourth-order valence-corrected chi connectivity index (χ4v) is 12.0. The van der Waals surface area contributed by atoms with Crippen LogP contribution in [-0.2, 0) is 13.3 Å². The van der Waals surface area contributed by atoms with E-state index in [1.54, 1.807) is 0 Å². The lowest BCUT2D eigenvalue weighted by Crippen LogP contribution is -2.54. The Balaban J connectivity index is 1.81. The molecule has 2 saturated carbocycles. The molecule has 0 radical (unpaired) electrons. The van der Waals surface area contributed by atoms with E-state index >= 15 is 0 Å². The van der Waals surface area contributed by atoms with Crippen molar-refractivity contribution < 1.29 is 17.7 Å². The van der Waals surface area contributed by atoms with Crippen LogP contribution in [0.4, 0.5) is 0 Å². The zero-order valence-corrected chi connectivity index (χ0v) is 30.7. The highest BCUT2D eigenvalue weighted by Gasteiger charge is 2.60. The molecule has 3 aliphatic rings. The van der Waals surface area contributed by atoms with Crippen molar-refractivity contribution in [1.82, 2.24) is 0 Å². The Morgan fingerprint density at radius 1 is 0.711 bits per heavy atom. The molecule has 7 atom stereocenters. The van der Waals surface area contributed by atoms with Crippen molar-refractivity contribution in [3.63, 3.8) is 0 Å². The van der Waals surface area contributed by atoms with Crippen molar-refractivity contribution in [2.75, 3.05) is 0 Å². The summed E-state index contributed by atoms with van der Waals surface area (Å²) in [4.78, 5) is 0. The number of hydrogen-bond donors (Lipinski definition) is 0. The van der Waals surface area contributed by atoms with Crippen molar-refractivity contribution >= 4 is 33.3 Å². The van der Waals surface area contributed by atoms with Gasteiger partial charge in [-0.3, -0.25) is 0 Å². The molecule has 2 fully saturated rings. The maximum absolute atomic E-state index is 7.14. The van der Waals surface area contributed by atoms with Gasteiger partial charge in [-0.05, 0) is 145 Å². The van der Waals surface area contributed by atoms with Crippen LogP contribution in [0.2, 0.25) is 78.6 Å². The van der Waals surface area contributed by atoms with Gasteiger partial charge in [0.15, 0.2) is 25.0 Å². The molecule has 4 rings (SSSR count). The van der Waals surface area contributed by atoms with Crippen LogP contribution in [0.25, 0.3) is 0 Å². The minimum atomic E-state index is -1.76. The average molecular weight is 593 g/mol. The number of hydrogen-bond acceptors (Lipinski definition) is 4. The third kappa shape index (κ3) is 6.97. The fourth-order valence-electron chi connectivity index (χ4n) is 7.70. The molecule has 4 nitrogen and oxygen atoms in total.